The Balaban J connectivity index is 1.60. The molecule has 1 aliphatic heterocycles. The highest BCUT2D eigenvalue weighted by molar-refractivity contribution is 5.46. The van der Waals surface area contributed by atoms with Crippen LogP contribution >= 0.6 is 0 Å². The molecule has 7 heteroatoms. The molecule has 0 bridgehead atoms. The lowest BCUT2D eigenvalue weighted by molar-refractivity contribution is -0.927. The molecule has 0 saturated carbocycles. The molecule has 0 radical (unpaired) electrons. The number of ether oxygens (including phenoxy) is 1. The van der Waals surface area contributed by atoms with Crippen molar-refractivity contribution in [3.05, 3.63) is 66.0 Å². The molecule has 1 saturated heterocycles. The molecule has 1 aromatic heterocycles. The molecule has 1 fully saturated rings. The van der Waals surface area contributed by atoms with Gasteiger partial charge in [0.1, 0.15) is 5.75 Å². The molecule has 7 nitrogen and oxygen atoms in total. The molecule has 0 amide bonds. The van der Waals surface area contributed by atoms with E-state index in [1.165, 1.54) is 16.2 Å². The van der Waals surface area contributed by atoms with Crippen LogP contribution in [0, 0.1) is 0 Å². The number of nitrogens with zero attached hydrogens (tertiary/aromatic N) is 5. The molecule has 30 heavy (non-hydrogen) atoms. The van der Waals surface area contributed by atoms with Gasteiger partial charge in [-0.05, 0) is 67.6 Å². The molecule has 158 valence electrons. The molecule has 1 atom stereocenters. The molecule has 4 rings (SSSR count). The first-order chi connectivity index (χ1) is 14.7. The van der Waals surface area contributed by atoms with Crippen LogP contribution in [-0.2, 0) is 0 Å². The second-order valence-corrected chi connectivity index (χ2v) is 7.99. The number of rotatable bonds is 7. The summed E-state index contributed by atoms with van der Waals surface area (Å²) in [6, 6.07) is 19.4. The Morgan fingerprint density at radius 1 is 1.00 bits per heavy atom. The Hall–Kier alpha value is -2.93. The molecule has 3 aromatic rings. The van der Waals surface area contributed by atoms with Gasteiger partial charge in [-0.1, -0.05) is 18.2 Å². The van der Waals surface area contributed by atoms with Crippen molar-refractivity contribution < 1.29 is 9.64 Å². The van der Waals surface area contributed by atoms with E-state index in [4.69, 9.17) is 4.74 Å². The van der Waals surface area contributed by atoms with Crippen LogP contribution in [0.1, 0.15) is 44.2 Å². The zero-order chi connectivity index (χ0) is 20.9. The Morgan fingerprint density at radius 2 is 1.70 bits per heavy atom. The van der Waals surface area contributed by atoms with E-state index in [0.29, 0.717) is 6.61 Å². The summed E-state index contributed by atoms with van der Waals surface area (Å²) >= 11 is 0. The lowest BCUT2D eigenvalue weighted by atomic mass is 10.0. The fourth-order valence-corrected chi connectivity index (χ4v) is 4.23. The van der Waals surface area contributed by atoms with Crippen molar-refractivity contribution in [2.75, 3.05) is 37.7 Å². The molecule has 0 aliphatic carbocycles. The van der Waals surface area contributed by atoms with Crippen LogP contribution in [0.5, 0.6) is 5.75 Å². The van der Waals surface area contributed by atoms with Gasteiger partial charge in [-0.3, -0.25) is 0 Å². The molecule has 0 unspecified atom stereocenters. The number of tetrazole rings is 1. The third-order valence-corrected chi connectivity index (χ3v) is 5.73. The van der Waals surface area contributed by atoms with E-state index in [1.54, 1.807) is 0 Å². The van der Waals surface area contributed by atoms with Crippen molar-refractivity contribution in [2.24, 2.45) is 0 Å². The topological polar surface area (TPSA) is 60.5 Å². The minimum atomic E-state index is 0.0935. The van der Waals surface area contributed by atoms with Gasteiger partial charge in [0.15, 0.2) is 6.04 Å². The number of piperazine rings is 1. The summed E-state index contributed by atoms with van der Waals surface area (Å²) in [6.07, 6.45) is 0. The van der Waals surface area contributed by atoms with Crippen molar-refractivity contribution >= 4 is 5.69 Å². The van der Waals surface area contributed by atoms with E-state index in [2.05, 4.69) is 88.9 Å². The molecule has 2 aromatic carbocycles. The summed E-state index contributed by atoms with van der Waals surface area (Å²) in [5.74, 6) is 1.82. The maximum Gasteiger partial charge on any atom is 0.214 e. The van der Waals surface area contributed by atoms with Crippen molar-refractivity contribution in [1.82, 2.24) is 20.2 Å². The van der Waals surface area contributed by atoms with Crippen LogP contribution in [0.2, 0.25) is 0 Å². The van der Waals surface area contributed by atoms with Crippen molar-refractivity contribution in [3.8, 4) is 5.75 Å². The summed E-state index contributed by atoms with van der Waals surface area (Å²) in [7, 11) is 0. The minimum Gasteiger partial charge on any atom is -0.494 e. The Morgan fingerprint density at radius 3 is 2.33 bits per heavy atom. The highest BCUT2D eigenvalue weighted by Gasteiger charge is 2.34. The zero-order valence-corrected chi connectivity index (χ0v) is 18.0. The predicted octanol–water partition coefficient (Wildman–Crippen LogP) is 2.15. The maximum absolute atomic E-state index is 5.64. The van der Waals surface area contributed by atoms with E-state index in [9.17, 15) is 0 Å². The maximum atomic E-state index is 5.64. The second-order valence-electron chi connectivity index (χ2n) is 7.99. The second kappa shape index (κ2) is 9.26. The van der Waals surface area contributed by atoms with Gasteiger partial charge in [0.25, 0.3) is 0 Å². The van der Waals surface area contributed by atoms with Gasteiger partial charge in [-0.2, -0.15) is 0 Å². The fraction of sp³-hybridized carbons (Fsp3) is 0.435. The number of nitrogens with one attached hydrogen (secondary N) is 1. The van der Waals surface area contributed by atoms with Gasteiger partial charge in [0.05, 0.1) is 38.8 Å². The standard InChI is InChI=1S/C23H30N6O/c1-4-30-21-12-10-19(11-13-21)22(23-24-25-26-29(23)18(2)3)28-16-14-27(15-17-28)20-8-6-5-7-9-20/h5-13,18,22H,4,14-17H2,1-3H3/p+1/t22-/m0/s1. The number of aromatic nitrogens is 4. The van der Waals surface area contributed by atoms with Gasteiger partial charge >= 0.3 is 0 Å². The van der Waals surface area contributed by atoms with E-state index >= 15 is 0 Å². The minimum absolute atomic E-state index is 0.0935. The Bertz CT molecular complexity index is 916. The van der Waals surface area contributed by atoms with E-state index < -0.39 is 0 Å². The lowest BCUT2D eigenvalue weighted by Crippen LogP contribution is -3.15. The number of benzene rings is 2. The molecule has 1 N–H and O–H groups in total. The first-order valence-electron chi connectivity index (χ1n) is 10.8. The third kappa shape index (κ3) is 4.31. The van der Waals surface area contributed by atoms with Crippen molar-refractivity contribution in [2.45, 2.75) is 32.9 Å². The van der Waals surface area contributed by atoms with Crippen LogP contribution in [-0.4, -0.2) is 53.0 Å². The number of para-hydroxylation sites is 1. The molecule has 2 heterocycles. The predicted molar refractivity (Wildman–Crippen MR) is 117 cm³/mol. The average molecular weight is 408 g/mol. The molecular formula is C23H31N6O+. The van der Waals surface area contributed by atoms with Gasteiger partial charge in [-0.25, -0.2) is 4.68 Å². The van der Waals surface area contributed by atoms with Crippen LogP contribution in [0.25, 0.3) is 0 Å². The van der Waals surface area contributed by atoms with Crippen LogP contribution in [0.15, 0.2) is 54.6 Å². The highest BCUT2D eigenvalue weighted by atomic mass is 16.5. The number of hydrogen-bond donors (Lipinski definition) is 1. The number of quaternary nitrogens is 1. The Labute approximate surface area is 178 Å². The lowest BCUT2D eigenvalue weighted by Gasteiger charge is -2.37. The van der Waals surface area contributed by atoms with E-state index in [1.807, 2.05) is 11.6 Å². The molecular weight excluding hydrogens is 376 g/mol. The largest absolute Gasteiger partial charge is 0.494 e. The summed E-state index contributed by atoms with van der Waals surface area (Å²) in [6.45, 7) is 11.0. The summed E-state index contributed by atoms with van der Waals surface area (Å²) < 4.78 is 7.60. The molecule has 1 aliphatic rings. The third-order valence-electron chi connectivity index (χ3n) is 5.73. The molecule has 0 spiro atoms. The van der Waals surface area contributed by atoms with Crippen LogP contribution < -0.4 is 14.5 Å². The summed E-state index contributed by atoms with van der Waals surface area (Å²) in [4.78, 5) is 3.95. The number of anilines is 1. The monoisotopic (exact) mass is 407 g/mol. The Kier molecular flexibility index (Phi) is 6.28. The summed E-state index contributed by atoms with van der Waals surface area (Å²) in [5.41, 5.74) is 2.51. The normalized spacial score (nSPS) is 16.1. The first-order valence-corrected chi connectivity index (χ1v) is 10.8. The van der Waals surface area contributed by atoms with Gasteiger partial charge in [0, 0.05) is 11.3 Å². The van der Waals surface area contributed by atoms with Crippen molar-refractivity contribution in [3.63, 3.8) is 0 Å². The average Bonchev–Trinajstić information content (AvgIpc) is 3.26. The number of hydrogen-bond acceptors (Lipinski definition) is 5. The first kappa shape index (κ1) is 20.3. The van der Waals surface area contributed by atoms with Gasteiger partial charge in [0.2, 0.25) is 5.82 Å². The van der Waals surface area contributed by atoms with E-state index in [0.717, 1.165) is 37.8 Å². The van der Waals surface area contributed by atoms with Gasteiger partial charge in [-0.15, -0.1) is 5.10 Å². The van der Waals surface area contributed by atoms with E-state index in [-0.39, 0.29) is 12.1 Å². The zero-order valence-electron chi connectivity index (χ0n) is 18.0. The quantitative estimate of drug-likeness (QED) is 0.650. The van der Waals surface area contributed by atoms with Crippen molar-refractivity contribution in [1.29, 1.82) is 0 Å². The van der Waals surface area contributed by atoms with Crippen LogP contribution in [0.4, 0.5) is 5.69 Å². The SMILES string of the molecule is CCOc1ccc([C@@H](c2nnnn2C(C)C)[NH+]2CCN(c3ccccc3)CC2)cc1. The summed E-state index contributed by atoms with van der Waals surface area (Å²) in [5, 5.41) is 12.7. The fourth-order valence-electron chi connectivity index (χ4n) is 4.23. The van der Waals surface area contributed by atoms with Gasteiger partial charge < -0.3 is 14.5 Å². The smallest absolute Gasteiger partial charge is 0.214 e. The highest BCUT2D eigenvalue weighted by Crippen LogP contribution is 2.23. The van der Waals surface area contributed by atoms with Crippen LogP contribution in [0.3, 0.4) is 0 Å².